The van der Waals surface area contributed by atoms with Gasteiger partial charge in [-0.05, 0) is 212 Å². The first-order valence-corrected chi connectivity index (χ1v) is 64.8. The van der Waals surface area contributed by atoms with Crippen molar-refractivity contribution in [2.45, 2.75) is 609 Å². The maximum absolute atomic E-state index is 7.42. The molecule has 6 aromatic carbocycles. The largest absolute Gasteiger partial charge is 0.463 e. The molecule has 0 saturated carbocycles. The first kappa shape index (κ1) is 129. The van der Waals surface area contributed by atoms with Crippen molar-refractivity contribution < 1.29 is 40.7 Å². The van der Waals surface area contributed by atoms with Crippen LogP contribution in [-0.2, 0) is 49.1 Å². The zero-order valence-electron chi connectivity index (χ0n) is 97.7. The zero-order valence-corrected chi connectivity index (χ0v) is 100. The molecule has 824 valence electrons. The van der Waals surface area contributed by atoms with E-state index in [1.54, 1.807) is 0 Å². The van der Waals surface area contributed by atoms with Crippen molar-refractivity contribution >= 4 is 25.8 Å². The molecule has 0 bridgehead atoms. The van der Waals surface area contributed by atoms with Crippen LogP contribution in [0.2, 0.25) is 0 Å². The Morgan fingerprint density at radius 3 is 0.593 bits per heavy atom. The third-order valence-corrected chi connectivity index (χ3v) is 33.6. The van der Waals surface area contributed by atoms with Gasteiger partial charge in [0.2, 0.25) is 0 Å². The molecule has 0 amide bonds. The van der Waals surface area contributed by atoms with E-state index in [1.165, 1.54) is 435 Å². The third-order valence-electron chi connectivity index (χ3n) is 30.3. The highest BCUT2D eigenvalue weighted by Crippen LogP contribution is 2.53. The van der Waals surface area contributed by atoms with Gasteiger partial charge in [-0.2, -0.15) is 0 Å². The van der Waals surface area contributed by atoms with Gasteiger partial charge >= 0.3 is 25.8 Å². The van der Waals surface area contributed by atoms with E-state index in [2.05, 4.69) is 241 Å². The summed E-state index contributed by atoms with van der Waals surface area (Å²) in [6, 6.07) is 40.9. The lowest BCUT2D eigenvalue weighted by molar-refractivity contribution is 0.256. The predicted molar refractivity (Wildman–Crippen MR) is 636 cm³/mol. The highest BCUT2D eigenvalue weighted by Gasteiger charge is 2.35. The Bertz CT molecular complexity index is 3950. The van der Waals surface area contributed by atoms with Gasteiger partial charge < -0.3 is 27.1 Å². The van der Waals surface area contributed by atoms with E-state index in [4.69, 9.17) is 40.7 Å². The maximum Gasteiger partial charge on any atom is 0.463 e. The minimum Gasteiger partial charge on any atom is -0.418 e. The van der Waals surface area contributed by atoms with Crippen molar-refractivity contribution in [3.8, 4) is 34.5 Å². The van der Waals surface area contributed by atoms with Crippen LogP contribution in [0.4, 0.5) is 0 Å². The van der Waals surface area contributed by atoms with Crippen LogP contribution in [-0.4, -0.2) is 19.8 Å². The van der Waals surface area contributed by atoms with Gasteiger partial charge in [-0.1, -0.05) is 551 Å². The topological polar surface area (TPSA) is 83.1 Å². The molecule has 0 saturated heterocycles. The Kier molecular flexibility index (Phi) is 71.3. The second kappa shape index (κ2) is 80.2. The van der Waals surface area contributed by atoms with Crippen LogP contribution < -0.4 is 27.1 Å². The number of rotatable bonds is 92. The lowest BCUT2D eigenvalue weighted by Crippen LogP contribution is -2.19. The minimum absolute atomic E-state index is 0.0771. The quantitative estimate of drug-likeness (QED) is 0.0274. The Hall–Kier alpha value is -4.71. The standard InChI is InChI=1S/C133H223O9P3/c1-20-26-32-38-44-47-50-53-56-59-62-65-71-77-83-101-134-143(137-118-95-89-115(90-96-118)86-80-74-68-41-35-29-23-4)140-128-105-112(8)121(108-125(128)131(11,12)13)111(7)104-124(122-109-126(132(14,15)16)129(106-113(122)9)141-144(138-119-97-91-116(92-98-119)87-81-75-69-42-36-30-24-5)135-102-84-78-72-66-63-60-57-54-51-48-45-39-33-27-21-2)123-110-127(133(17,18)19)130(107-114(123)10)142-145(139-120-99-93-117(94-100-120)88-82-76-70-43-37-31-25-6)136-103-85-79-73-67-64-61-58-55-52-49-46-40-34-28-22-3/h89-100,105-111,124H,20-88,101-104H2,1-19H3. The molecule has 6 aromatic rings. The summed E-state index contributed by atoms with van der Waals surface area (Å²) in [5, 5.41) is 0. The average Bonchev–Trinajstić information content (AvgIpc) is 0.756. The van der Waals surface area contributed by atoms with Gasteiger partial charge in [0.1, 0.15) is 34.5 Å². The Labute approximate surface area is 899 Å². The second-order valence-electron chi connectivity index (χ2n) is 47.2. The summed E-state index contributed by atoms with van der Waals surface area (Å²) < 4.78 is 64.0. The van der Waals surface area contributed by atoms with Crippen molar-refractivity contribution in [2.75, 3.05) is 19.8 Å². The molecule has 0 aliphatic rings. The van der Waals surface area contributed by atoms with E-state index in [9.17, 15) is 0 Å². The monoisotopic (exact) mass is 2060 g/mol. The highest BCUT2D eigenvalue weighted by atomic mass is 31.2. The molecule has 0 fully saturated rings. The molecule has 0 spiro atoms. The summed E-state index contributed by atoms with van der Waals surface area (Å²) >= 11 is 0. The summed E-state index contributed by atoms with van der Waals surface area (Å²) in [7, 11) is -5.54. The molecule has 145 heavy (non-hydrogen) atoms. The molecular weight excluding hydrogens is 1830 g/mol. The fourth-order valence-corrected chi connectivity index (χ4v) is 23.9. The summed E-state index contributed by atoms with van der Waals surface area (Å²) in [4.78, 5) is 0. The number of unbranched alkanes of at least 4 members (excludes halogenated alkanes) is 60. The summed E-state index contributed by atoms with van der Waals surface area (Å²) in [5.41, 5.74) is 13.9. The predicted octanol–water partition coefficient (Wildman–Crippen LogP) is 46.4. The van der Waals surface area contributed by atoms with Crippen LogP contribution in [0.5, 0.6) is 34.5 Å². The van der Waals surface area contributed by atoms with E-state index in [0.29, 0.717) is 19.8 Å². The van der Waals surface area contributed by atoms with Crippen molar-refractivity contribution in [3.63, 3.8) is 0 Å². The molecule has 0 N–H and O–H groups in total. The lowest BCUT2D eigenvalue weighted by Gasteiger charge is -2.33. The van der Waals surface area contributed by atoms with Crippen LogP contribution in [0.15, 0.2) is 109 Å². The summed E-state index contributed by atoms with van der Waals surface area (Å²) in [6.07, 6.45) is 90.6. The summed E-state index contributed by atoms with van der Waals surface area (Å²) in [6.45, 7) is 46.0. The van der Waals surface area contributed by atoms with Crippen molar-refractivity contribution in [3.05, 3.63) is 176 Å². The third kappa shape index (κ3) is 58.3. The van der Waals surface area contributed by atoms with Crippen LogP contribution >= 0.6 is 25.8 Å². The number of hydrogen-bond acceptors (Lipinski definition) is 9. The molecule has 4 atom stereocenters. The van der Waals surface area contributed by atoms with E-state index in [0.717, 1.165) is 115 Å². The van der Waals surface area contributed by atoms with E-state index in [1.807, 2.05) is 0 Å². The molecule has 0 aromatic heterocycles. The Morgan fingerprint density at radius 2 is 0.393 bits per heavy atom. The molecule has 9 nitrogen and oxygen atoms in total. The second-order valence-corrected chi connectivity index (χ2v) is 50.4. The van der Waals surface area contributed by atoms with Gasteiger partial charge in [0.25, 0.3) is 0 Å². The molecule has 6 rings (SSSR count). The van der Waals surface area contributed by atoms with Gasteiger partial charge in [-0.15, -0.1) is 0 Å². The van der Waals surface area contributed by atoms with Gasteiger partial charge in [-0.25, -0.2) is 0 Å². The van der Waals surface area contributed by atoms with Gasteiger partial charge in [0, 0.05) is 22.6 Å². The first-order chi connectivity index (χ1) is 70.4. The molecule has 0 aliphatic heterocycles. The van der Waals surface area contributed by atoms with Crippen LogP contribution in [0.25, 0.3) is 0 Å². The average molecular weight is 2060 g/mol. The van der Waals surface area contributed by atoms with Crippen LogP contribution in [0.3, 0.4) is 0 Å². The lowest BCUT2D eigenvalue weighted by atomic mass is 9.74. The van der Waals surface area contributed by atoms with Gasteiger partial charge in [-0.3, -0.25) is 13.6 Å². The van der Waals surface area contributed by atoms with Gasteiger partial charge in [0.15, 0.2) is 0 Å². The number of hydrogen-bond donors (Lipinski definition) is 0. The number of benzene rings is 6. The Balaban J connectivity index is 1.40. The van der Waals surface area contributed by atoms with Crippen molar-refractivity contribution in [1.82, 2.24) is 0 Å². The fourth-order valence-electron chi connectivity index (χ4n) is 20.8. The smallest absolute Gasteiger partial charge is 0.418 e. The Morgan fingerprint density at radius 1 is 0.214 bits per heavy atom. The van der Waals surface area contributed by atoms with E-state index in [-0.39, 0.29) is 28.1 Å². The minimum atomic E-state index is -1.86. The molecule has 12 heteroatoms. The molecule has 0 aliphatic carbocycles. The van der Waals surface area contributed by atoms with E-state index < -0.39 is 25.8 Å². The van der Waals surface area contributed by atoms with Crippen molar-refractivity contribution in [1.29, 1.82) is 0 Å². The molecule has 0 radical (unpaired) electrons. The van der Waals surface area contributed by atoms with Crippen LogP contribution in [0, 0.1) is 20.8 Å². The first-order valence-electron chi connectivity index (χ1n) is 61.5. The van der Waals surface area contributed by atoms with Crippen molar-refractivity contribution in [2.24, 2.45) is 0 Å². The molecular formula is C133H223O9P3. The molecule has 0 heterocycles. The van der Waals surface area contributed by atoms with Crippen LogP contribution in [0.1, 0.15) is 620 Å². The number of aryl methyl sites for hydroxylation is 6. The SMILES string of the molecule is CCCCCCCCCCCCCCCCCOP(Oc1ccc(CCCCCCCCC)cc1)Oc1cc(C)c(C(C)CC(c2cc(C(C)(C)C)c(OP(OCCCCCCCCCCCCCCCCC)Oc3ccc(CCCCCCCCC)cc3)cc2C)c2cc(C(C)(C)C)c(OP(OCCCCCCCCCCCCCCCCC)Oc3ccc(CCCCCCCCC)cc3)cc2C)cc1C(C)(C)C. The zero-order chi connectivity index (χ0) is 104. The van der Waals surface area contributed by atoms with Gasteiger partial charge in [0.05, 0.1) is 19.8 Å². The molecule has 4 unspecified atom stereocenters. The fraction of sp³-hybridized carbons (Fsp3) is 0.729. The maximum atomic E-state index is 7.42. The van der Waals surface area contributed by atoms with E-state index >= 15 is 0 Å². The summed E-state index contributed by atoms with van der Waals surface area (Å²) in [5.74, 6) is 4.81. The highest BCUT2D eigenvalue weighted by molar-refractivity contribution is 7.43. The normalized spacial score (nSPS) is 13.1.